The average molecular weight is 349 g/mol. The lowest BCUT2D eigenvalue weighted by atomic mass is 10.1. The van der Waals surface area contributed by atoms with Gasteiger partial charge in [-0.05, 0) is 33.8 Å². The third-order valence-corrected chi connectivity index (χ3v) is 5.21. The molecule has 0 spiro atoms. The number of urea groups is 1. The molecule has 6 nitrogen and oxygen atoms in total. The maximum Gasteiger partial charge on any atom is 0.318 e. The molecule has 3 heterocycles. The van der Waals surface area contributed by atoms with Gasteiger partial charge in [-0.15, -0.1) is 11.3 Å². The zero-order valence-electron chi connectivity index (χ0n) is 14.5. The number of hydrogen-bond donors (Lipinski definition) is 1. The normalized spacial score (nSPS) is 19.3. The molecule has 0 bridgehead atoms. The highest BCUT2D eigenvalue weighted by Crippen LogP contribution is 2.26. The summed E-state index contributed by atoms with van der Waals surface area (Å²) in [6.07, 6.45) is -0.142. The molecular formula is C17H23N3O3S. The number of morpholine rings is 1. The molecule has 7 heteroatoms. The van der Waals surface area contributed by atoms with E-state index in [-0.39, 0.29) is 18.2 Å². The number of thiazole rings is 1. The molecule has 0 unspecified atom stereocenters. The average Bonchev–Trinajstić information content (AvgIpc) is 3.12. The van der Waals surface area contributed by atoms with Crippen molar-refractivity contribution in [3.8, 4) is 0 Å². The predicted molar refractivity (Wildman–Crippen MR) is 92.2 cm³/mol. The molecule has 0 aliphatic carbocycles. The van der Waals surface area contributed by atoms with E-state index in [0.717, 1.165) is 27.8 Å². The minimum Gasteiger partial charge on any atom is -0.466 e. The Hall–Kier alpha value is -1.86. The zero-order chi connectivity index (χ0) is 17.3. The first kappa shape index (κ1) is 17.0. The number of carbonyl (C=O) groups is 1. The van der Waals surface area contributed by atoms with Gasteiger partial charge in [-0.2, -0.15) is 0 Å². The molecule has 3 rings (SSSR count). The van der Waals surface area contributed by atoms with Crippen molar-refractivity contribution < 1.29 is 13.9 Å². The Morgan fingerprint density at radius 3 is 2.88 bits per heavy atom. The molecule has 2 atom stereocenters. The molecule has 0 radical (unpaired) electrons. The van der Waals surface area contributed by atoms with E-state index >= 15 is 0 Å². The molecule has 0 saturated carbocycles. The largest absolute Gasteiger partial charge is 0.466 e. The van der Waals surface area contributed by atoms with Crippen LogP contribution >= 0.6 is 11.3 Å². The van der Waals surface area contributed by atoms with Crippen LogP contribution in [0.1, 0.15) is 46.9 Å². The second-order valence-corrected chi connectivity index (χ2v) is 7.06. The van der Waals surface area contributed by atoms with Gasteiger partial charge >= 0.3 is 6.03 Å². The van der Waals surface area contributed by atoms with E-state index < -0.39 is 0 Å². The van der Waals surface area contributed by atoms with E-state index in [1.54, 1.807) is 16.2 Å². The number of nitrogens with one attached hydrogen (secondary N) is 1. The summed E-state index contributed by atoms with van der Waals surface area (Å²) in [5.41, 5.74) is 2.00. The van der Waals surface area contributed by atoms with E-state index in [1.807, 2.05) is 39.1 Å². The zero-order valence-corrected chi connectivity index (χ0v) is 15.3. The fraction of sp³-hybridized carbons (Fsp3) is 0.529. The van der Waals surface area contributed by atoms with E-state index in [0.29, 0.717) is 19.7 Å². The SMILES string of the molecule is Cc1csc([C@H]2CN(C(=O)N[C@H](C)c3cc(C)oc3C)CCO2)n1. The number of aryl methyl sites for hydroxylation is 3. The highest BCUT2D eigenvalue weighted by molar-refractivity contribution is 7.09. The second-order valence-electron chi connectivity index (χ2n) is 6.17. The molecule has 1 aliphatic heterocycles. The summed E-state index contributed by atoms with van der Waals surface area (Å²) in [5, 5.41) is 5.99. The fourth-order valence-corrected chi connectivity index (χ4v) is 3.77. The number of aromatic nitrogens is 1. The van der Waals surface area contributed by atoms with E-state index in [2.05, 4.69) is 10.3 Å². The standard InChI is InChI=1S/C17H23N3O3S/c1-10-9-24-16(18-10)15-8-20(5-6-22-15)17(21)19-12(3)14-7-11(2)23-13(14)4/h7,9,12,15H,5-6,8H2,1-4H3,(H,19,21)/t12-,15-/m1/s1. The quantitative estimate of drug-likeness (QED) is 0.921. The van der Waals surface area contributed by atoms with Crippen LogP contribution in [0.25, 0.3) is 0 Å². The van der Waals surface area contributed by atoms with Crippen LogP contribution in [0.4, 0.5) is 4.79 Å². The number of ether oxygens (including phenoxy) is 1. The Balaban J connectivity index is 1.63. The lowest BCUT2D eigenvalue weighted by Gasteiger charge is -2.32. The third-order valence-electron chi connectivity index (χ3n) is 4.15. The van der Waals surface area contributed by atoms with Crippen LogP contribution < -0.4 is 5.32 Å². The van der Waals surface area contributed by atoms with Gasteiger partial charge in [0, 0.05) is 23.2 Å². The van der Waals surface area contributed by atoms with Gasteiger partial charge in [-0.1, -0.05) is 0 Å². The first-order chi connectivity index (χ1) is 11.4. The van der Waals surface area contributed by atoms with Gasteiger partial charge in [-0.3, -0.25) is 0 Å². The summed E-state index contributed by atoms with van der Waals surface area (Å²) in [5.74, 6) is 1.70. The maximum atomic E-state index is 12.6. The molecular weight excluding hydrogens is 326 g/mol. The van der Waals surface area contributed by atoms with Crippen molar-refractivity contribution in [3.05, 3.63) is 39.2 Å². The van der Waals surface area contributed by atoms with Crippen LogP contribution in [0, 0.1) is 20.8 Å². The fourth-order valence-electron chi connectivity index (χ4n) is 2.94. The van der Waals surface area contributed by atoms with Gasteiger partial charge in [0.15, 0.2) is 0 Å². The summed E-state index contributed by atoms with van der Waals surface area (Å²) >= 11 is 1.58. The Morgan fingerprint density at radius 2 is 2.25 bits per heavy atom. The van der Waals surface area contributed by atoms with E-state index in [9.17, 15) is 4.79 Å². The smallest absolute Gasteiger partial charge is 0.318 e. The van der Waals surface area contributed by atoms with Gasteiger partial charge in [0.2, 0.25) is 0 Å². The highest BCUT2D eigenvalue weighted by atomic mass is 32.1. The molecule has 1 saturated heterocycles. The van der Waals surface area contributed by atoms with Gasteiger partial charge < -0.3 is 19.4 Å². The molecule has 1 fully saturated rings. The van der Waals surface area contributed by atoms with Crippen molar-refractivity contribution in [1.29, 1.82) is 0 Å². The molecule has 2 aromatic heterocycles. The molecule has 1 N–H and O–H groups in total. The molecule has 130 valence electrons. The number of carbonyl (C=O) groups excluding carboxylic acids is 1. The van der Waals surface area contributed by atoms with Crippen LogP contribution in [0.5, 0.6) is 0 Å². The van der Waals surface area contributed by atoms with Gasteiger partial charge in [-0.25, -0.2) is 9.78 Å². The van der Waals surface area contributed by atoms with Crippen molar-refractivity contribution in [2.45, 2.75) is 39.8 Å². The van der Waals surface area contributed by atoms with Crippen molar-refractivity contribution >= 4 is 17.4 Å². The number of rotatable bonds is 3. The number of amides is 2. The van der Waals surface area contributed by atoms with Crippen LogP contribution in [-0.4, -0.2) is 35.6 Å². The summed E-state index contributed by atoms with van der Waals surface area (Å²) in [6, 6.07) is 1.79. The van der Waals surface area contributed by atoms with Crippen LogP contribution in [0.2, 0.25) is 0 Å². The maximum absolute atomic E-state index is 12.6. The predicted octanol–water partition coefficient (Wildman–Crippen LogP) is 3.51. The molecule has 24 heavy (non-hydrogen) atoms. The first-order valence-corrected chi connectivity index (χ1v) is 8.98. The second kappa shape index (κ2) is 6.94. The monoisotopic (exact) mass is 349 g/mol. The van der Waals surface area contributed by atoms with Crippen LogP contribution in [0.15, 0.2) is 15.9 Å². The van der Waals surface area contributed by atoms with Crippen molar-refractivity contribution in [2.24, 2.45) is 0 Å². The van der Waals surface area contributed by atoms with E-state index in [1.165, 1.54) is 0 Å². The Morgan fingerprint density at radius 1 is 1.46 bits per heavy atom. The van der Waals surface area contributed by atoms with Gasteiger partial charge in [0.25, 0.3) is 0 Å². The molecule has 0 aromatic carbocycles. The van der Waals surface area contributed by atoms with Crippen molar-refractivity contribution in [1.82, 2.24) is 15.2 Å². The molecule has 1 aliphatic rings. The summed E-state index contributed by atoms with van der Waals surface area (Å²) < 4.78 is 11.3. The van der Waals surface area contributed by atoms with Crippen LogP contribution in [-0.2, 0) is 4.74 Å². The van der Waals surface area contributed by atoms with Gasteiger partial charge in [0.05, 0.1) is 19.2 Å². The Labute approximate surface area is 145 Å². The minimum atomic E-state index is -0.142. The number of hydrogen-bond acceptors (Lipinski definition) is 5. The van der Waals surface area contributed by atoms with Gasteiger partial charge in [0.1, 0.15) is 22.6 Å². The van der Waals surface area contributed by atoms with Crippen LogP contribution in [0.3, 0.4) is 0 Å². The van der Waals surface area contributed by atoms with Crippen molar-refractivity contribution in [3.63, 3.8) is 0 Å². The Bertz CT molecular complexity index is 724. The highest BCUT2D eigenvalue weighted by Gasteiger charge is 2.28. The molecule has 2 amide bonds. The Kier molecular flexibility index (Phi) is 4.91. The minimum absolute atomic E-state index is 0.0812. The molecule has 2 aromatic rings. The van der Waals surface area contributed by atoms with E-state index in [4.69, 9.17) is 9.15 Å². The lowest BCUT2D eigenvalue weighted by Crippen LogP contribution is -2.47. The summed E-state index contributed by atoms with van der Waals surface area (Å²) in [4.78, 5) is 18.9. The summed E-state index contributed by atoms with van der Waals surface area (Å²) in [6.45, 7) is 9.39. The third kappa shape index (κ3) is 3.62. The lowest BCUT2D eigenvalue weighted by molar-refractivity contribution is -0.0158. The topological polar surface area (TPSA) is 67.6 Å². The number of furan rings is 1. The summed E-state index contributed by atoms with van der Waals surface area (Å²) in [7, 11) is 0. The first-order valence-electron chi connectivity index (χ1n) is 8.10. The van der Waals surface area contributed by atoms with Crippen molar-refractivity contribution in [2.75, 3.05) is 19.7 Å². The number of nitrogens with zero attached hydrogens (tertiary/aromatic N) is 2.